The van der Waals surface area contributed by atoms with Crippen molar-refractivity contribution in [2.75, 3.05) is 26.7 Å². The van der Waals surface area contributed by atoms with Gasteiger partial charge in [-0.3, -0.25) is 4.79 Å². The Labute approximate surface area is 298 Å². The van der Waals surface area contributed by atoms with Gasteiger partial charge in [0.15, 0.2) is 0 Å². The highest BCUT2D eigenvalue weighted by atomic mass is 16.5. The fraction of sp³-hybridized carbons (Fsp3) is 0.667. The molecular formula is C45H75NO2. The van der Waals surface area contributed by atoms with Crippen LogP contribution >= 0.6 is 0 Å². The normalized spacial score (nSPS) is 16.6. The van der Waals surface area contributed by atoms with E-state index in [1.54, 1.807) is 5.57 Å². The van der Waals surface area contributed by atoms with Crippen molar-refractivity contribution in [2.45, 2.75) is 151 Å². The molecule has 3 heteroatoms. The predicted octanol–water partition coefficient (Wildman–Crippen LogP) is 13.1. The van der Waals surface area contributed by atoms with Gasteiger partial charge >= 0.3 is 0 Å². The Morgan fingerprint density at radius 1 is 0.896 bits per heavy atom. The van der Waals surface area contributed by atoms with Gasteiger partial charge in [0, 0.05) is 24.8 Å². The maximum Gasteiger partial charge on any atom is 0.136 e. The number of carbonyl (C=O) groups excluding carboxylic acids is 1. The standard InChI is InChI=1S/C45H75NO2/c1-11-17-43(30-27-40(8)23-14-22-38(6)20-12-18-36(2)3)41(9)48-35-34-46(10)33-16-26-45(47)44-31-28-42(29-32-44)25-15-24-39(7)21-13-19-37(4)5/h11,18-19,22,24,28,40,43-44H,1,9,12-17,20-21,23,25-27,29-35H2,2-8,10H3/b38-22+,39-24+. The third-order valence-electron chi connectivity index (χ3n) is 9.89. The molecule has 0 amide bonds. The Morgan fingerprint density at radius 2 is 1.54 bits per heavy atom. The number of ketones is 1. The van der Waals surface area contributed by atoms with Gasteiger partial charge in [-0.2, -0.15) is 0 Å². The lowest BCUT2D eigenvalue weighted by Crippen LogP contribution is -2.26. The maximum atomic E-state index is 12.9. The molecule has 1 aliphatic carbocycles. The van der Waals surface area contributed by atoms with Gasteiger partial charge in [0.2, 0.25) is 0 Å². The molecule has 0 heterocycles. The molecule has 3 unspecified atom stereocenters. The number of carbonyl (C=O) groups is 1. The zero-order valence-electron chi connectivity index (χ0n) is 32.8. The van der Waals surface area contributed by atoms with E-state index in [0.717, 1.165) is 95.9 Å². The molecule has 3 atom stereocenters. The lowest BCUT2D eigenvalue weighted by molar-refractivity contribution is -0.123. The van der Waals surface area contributed by atoms with Crippen LogP contribution in [0.25, 0.3) is 0 Å². The lowest BCUT2D eigenvalue weighted by atomic mass is 9.84. The van der Waals surface area contributed by atoms with Crippen molar-refractivity contribution in [3.8, 4) is 0 Å². The van der Waals surface area contributed by atoms with Crippen LogP contribution in [0.3, 0.4) is 0 Å². The second-order valence-corrected chi connectivity index (χ2v) is 15.3. The van der Waals surface area contributed by atoms with Gasteiger partial charge in [-0.1, -0.05) is 77.8 Å². The van der Waals surface area contributed by atoms with Crippen LogP contribution in [-0.4, -0.2) is 37.4 Å². The molecule has 0 aromatic carbocycles. The van der Waals surface area contributed by atoms with Crippen LogP contribution in [0.4, 0.5) is 0 Å². The van der Waals surface area contributed by atoms with Crippen molar-refractivity contribution in [3.05, 3.63) is 83.2 Å². The Kier molecular flexibility index (Phi) is 24.1. The second-order valence-electron chi connectivity index (χ2n) is 15.3. The first-order chi connectivity index (χ1) is 22.9. The Morgan fingerprint density at radius 3 is 2.12 bits per heavy atom. The zero-order chi connectivity index (χ0) is 35.7. The summed E-state index contributed by atoms with van der Waals surface area (Å²) in [5, 5.41) is 0. The molecule has 0 fully saturated rings. The molecule has 48 heavy (non-hydrogen) atoms. The molecule has 272 valence electrons. The number of allylic oxidation sites excluding steroid dienone is 12. The Bertz CT molecular complexity index is 1090. The van der Waals surface area contributed by atoms with E-state index >= 15 is 0 Å². The summed E-state index contributed by atoms with van der Waals surface area (Å²) in [5.74, 6) is 2.58. The zero-order valence-corrected chi connectivity index (χ0v) is 32.8. The van der Waals surface area contributed by atoms with E-state index in [-0.39, 0.29) is 5.92 Å². The fourth-order valence-electron chi connectivity index (χ4n) is 6.44. The highest BCUT2D eigenvalue weighted by Crippen LogP contribution is 2.29. The van der Waals surface area contributed by atoms with Crippen LogP contribution in [0.1, 0.15) is 151 Å². The first kappa shape index (κ1) is 43.6. The quantitative estimate of drug-likeness (QED) is 0.0648. The average molecular weight is 662 g/mol. The minimum Gasteiger partial charge on any atom is -0.497 e. The van der Waals surface area contributed by atoms with Gasteiger partial charge < -0.3 is 9.64 Å². The number of hydrogen-bond acceptors (Lipinski definition) is 3. The van der Waals surface area contributed by atoms with E-state index in [1.807, 2.05) is 6.08 Å². The lowest BCUT2D eigenvalue weighted by Gasteiger charge is -2.23. The summed E-state index contributed by atoms with van der Waals surface area (Å²) in [4.78, 5) is 15.2. The Hall–Kier alpha value is -2.39. The summed E-state index contributed by atoms with van der Waals surface area (Å²) in [5.41, 5.74) is 7.35. The molecule has 0 bridgehead atoms. The SMILES string of the molecule is C=CCC(CCC(C)CC/C=C(\C)CCC=C(C)C)C(=C)OCCN(C)CCCC(=O)C1CC=C(CC/C=C(\C)CCC=C(C)C)CC1. The van der Waals surface area contributed by atoms with Gasteiger partial charge in [0.05, 0.1) is 5.76 Å². The highest BCUT2D eigenvalue weighted by molar-refractivity contribution is 5.81. The van der Waals surface area contributed by atoms with E-state index < -0.39 is 0 Å². The number of nitrogens with zero attached hydrogens (tertiary/aromatic N) is 1. The molecule has 1 aliphatic rings. The topological polar surface area (TPSA) is 29.5 Å². The van der Waals surface area contributed by atoms with Crippen LogP contribution in [0.2, 0.25) is 0 Å². The van der Waals surface area contributed by atoms with E-state index in [4.69, 9.17) is 4.74 Å². The van der Waals surface area contributed by atoms with E-state index in [1.165, 1.54) is 41.6 Å². The van der Waals surface area contributed by atoms with Gasteiger partial charge in [0.25, 0.3) is 0 Å². The summed E-state index contributed by atoms with van der Waals surface area (Å²) < 4.78 is 6.15. The maximum absolute atomic E-state index is 12.9. The van der Waals surface area contributed by atoms with Crippen LogP contribution in [0, 0.1) is 17.8 Å². The Balaban J connectivity index is 2.27. The van der Waals surface area contributed by atoms with E-state index in [0.29, 0.717) is 30.6 Å². The number of rotatable bonds is 27. The van der Waals surface area contributed by atoms with Gasteiger partial charge in [0.1, 0.15) is 12.4 Å². The molecule has 0 aliphatic heterocycles. The molecular weight excluding hydrogens is 587 g/mol. The monoisotopic (exact) mass is 662 g/mol. The largest absolute Gasteiger partial charge is 0.497 e. The van der Waals surface area contributed by atoms with Crippen molar-refractivity contribution >= 4 is 5.78 Å². The van der Waals surface area contributed by atoms with Crippen LogP contribution < -0.4 is 0 Å². The van der Waals surface area contributed by atoms with Crippen molar-refractivity contribution in [2.24, 2.45) is 17.8 Å². The fourth-order valence-corrected chi connectivity index (χ4v) is 6.44. The van der Waals surface area contributed by atoms with E-state index in [2.05, 4.69) is 104 Å². The van der Waals surface area contributed by atoms with Crippen LogP contribution in [-0.2, 0) is 9.53 Å². The molecule has 0 N–H and O–H groups in total. The average Bonchev–Trinajstić information content (AvgIpc) is 3.02. The van der Waals surface area contributed by atoms with Gasteiger partial charge in [-0.25, -0.2) is 0 Å². The smallest absolute Gasteiger partial charge is 0.136 e. The molecule has 0 radical (unpaired) electrons. The third-order valence-corrected chi connectivity index (χ3v) is 9.89. The minimum atomic E-state index is 0.217. The molecule has 0 spiro atoms. The third kappa shape index (κ3) is 22.3. The molecule has 0 saturated carbocycles. The van der Waals surface area contributed by atoms with Crippen molar-refractivity contribution in [1.82, 2.24) is 4.90 Å². The number of hydrogen-bond donors (Lipinski definition) is 0. The van der Waals surface area contributed by atoms with Crippen LogP contribution in [0.15, 0.2) is 83.2 Å². The van der Waals surface area contributed by atoms with E-state index in [9.17, 15) is 4.79 Å². The molecule has 0 aromatic rings. The molecule has 0 saturated heterocycles. The second kappa shape index (κ2) is 26.5. The highest BCUT2D eigenvalue weighted by Gasteiger charge is 2.21. The van der Waals surface area contributed by atoms with Crippen molar-refractivity contribution < 1.29 is 9.53 Å². The first-order valence-electron chi connectivity index (χ1n) is 19.3. The number of likely N-dealkylation sites (N-methyl/N-ethyl adjacent to an activating group) is 1. The van der Waals surface area contributed by atoms with Crippen LogP contribution in [0.5, 0.6) is 0 Å². The minimum absolute atomic E-state index is 0.217. The summed E-state index contributed by atoms with van der Waals surface area (Å²) in [6.07, 6.45) is 31.0. The van der Waals surface area contributed by atoms with Gasteiger partial charge in [-0.15, -0.1) is 6.58 Å². The first-order valence-corrected chi connectivity index (χ1v) is 19.3. The predicted molar refractivity (Wildman–Crippen MR) is 212 cm³/mol. The molecule has 3 nitrogen and oxygen atoms in total. The molecule has 0 aromatic heterocycles. The van der Waals surface area contributed by atoms with Crippen molar-refractivity contribution in [1.29, 1.82) is 0 Å². The number of ether oxygens (including phenoxy) is 1. The number of Topliss-reactive ketones (excluding diaryl/α,β-unsaturated/α-hetero) is 1. The van der Waals surface area contributed by atoms with Crippen molar-refractivity contribution in [3.63, 3.8) is 0 Å². The summed E-state index contributed by atoms with van der Waals surface area (Å²) in [7, 11) is 2.13. The summed E-state index contributed by atoms with van der Waals surface area (Å²) in [6.45, 7) is 26.3. The summed E-state index contributed by atoms with van der Waals surface area (Å²) >= 11 is 0. The van der Waals surface area contributed by atoms with Gasteiger partial charge in [-0.05, 0) is 157 Å². The molecule has 1 rings (SSSR count). The summed E-state index contributed by atoms with van der Waals surface area (Å²) in [6, 6.07) is 0.